The van der Waals surface area contributed by atoms with E-state index in [9.17, 15) is 4.79 Å². The van der Waals surface area contributed by atoms with Crippen LogP contribution in [0.15, 0.2) is 103 Å². The summed E-state index contributed by atoms with van der Waals surface area (Å²) in [6.07, 6.45) is -0.410. The Bertz CT molecular complexity index is 1430. The van der Waals surface area contributed by atoms with Gasteiger partial charge in [-0.3, -0.25) is 0 Å². The molecule has 1 heterocycles. The predicted octanol–water partition coefficient (Wildman–Crippen LogP) is 6.92. The molecule has 0 fully saturated rings. The van der Waals surface area contributed by atoms with Gasteiger partial charge in [0.1, 0.15) is 0 Å². The molecule has 0 saturated heterocycles. The molecule has 1 unspecified atom stereocenters. The van der Waals surface area contributed by atoms with Gasteiger partial charge in [-0.15, -0.1) is 0 Å². The molecule has 0 aliphatic carbocycles. The minimum absolute atomic E-state index is 0.258. The van der Waals surface area contributed by atoms with Gasteiger partial charge in [0.2, 0.25) is 0 Å². The van der Waals surface area contributed by atoms with Crippen molar-refractivity contribution in [2.75, 3.05) is 0 Å². The zero-order chi connectivity index (χ0) is 20.1. The van der Waals surface area contributed by atoms with Crippen LogP contribution in [0.2, 0.25) is 0 Å². The molecular weight excluding hydrogens is 368 g/mol. The number of cyclic esters (lactones) is 1. The molecule has 5 aromatic rings. The largest absolute Gasteiger partial charge is 0.449 e. The van der Waals surface area contributed by atoms with Crippen LogP contribution in [0.1, 0.15) is 27.6 Å². The van der Waals surface area contributed by atoms with Crippen molar-refractivity contribution in [3.8, 4) is 11.1 Å². The molecule has 5 aromatic carbocycles. The van der Waals surface area contributed by atoms with Gasteiger partial charge >= 0.3 is 5.97 Å². The van der Waals surface area contributed by atoms with E-state index >= 15 is 0 Å². The van der Waals surface area contributed by atoms with Crippen LogP contribution in [0.4, 0.5) is 0 Å². The van der Waals surface area contributed by atoms with Crippen molar-refractivity contribution in [2.45, 2.75) is 6.10 Å². The number of carbonyl (C=O) groups excluding carboxylic acids is 1. The second-order valence-corrected chi connectivity index (χ2v) is 7.66. The molecule has 2 heteroatoms. The first kappa shape index (κ1) is 17.0. The van der Waals surface area contributed by atoms with Crippen LogP contribution >= 0.6 is 0 Å². The molecule has 6 rings (SSSR count). The van der Waals surface area contributed by atoms with Crippen LogP contribution in [0.5, 0.6) is 0 Å². The summed E-state index contributed by atoms with van der Waals surface area (Å²) in [6.45, 7) is 0. The molecule has 0 spiro atoms. The molecule has 0 amide bonds. The van der Waals surface area contributed by atoms with Crippen molar-refractivity contribution in [3.05, 3.63) is 120 Å². The monoisotopic (exact) mass is 386 g/mol. The molecule has 0 N–H and O–H groups in total. The molecule has 30 heavy (non-hydrogen) atoms. The highest BCUT2D eigenvalue weighted by atomic mass is 16.5. The number of fused-ring (bicyclic) bond motifs is 3. The van der Waals surface area contributed by atoms with Gasteiger partial charge in [0.05, 0.1) is 5.56 Å². The lowest BCUT2D eigenvalue weighted by Gasteiger charge is -2.18. The normalized spacial score (nSPS) is 15.3. The second-order valence-electron chi connectivity index (χ2n) is 7.66. The molecule has 1 atom stereocenters. The molecule has 1 aliphatic rings. The highest BCUT2D eigenvalue weighted by Gasteiger charge is 2.36. The number of hydrogen-bond acceptors (Lipinski definition) is 2. The van der Waals surface area contributed by atoms with Crippen molar-refractivity contribution < 1.29 is 9.53 Å². The molecule has 0 aromatic heterocycles. The summed E-state index contributed by atoms with van der Waals surface area (Å²) in [6, 6.07) is 35.0. The first-order chi connectivity index (χ1) is 14.8. The van der Waals surface area contributed by atoms with Gasteiger partial charge in [0.25, 0.3) is 0 Å². The lowest BCUT2D eigenvalue weighted by atomic mass is 9.85. The van der Waals surface area contributed by atoms with E-state index < -0.39 is 6.10 Å². The van der Waals surface area contributed by atoms with Gasteiger partial charge in [0, 0.05) is 5.56 Å². The molecule has 0 saturated carbocycles. The SMILES string of the molecule is O=C1OC(c2ccccc2)c2c1cc1ccccc1c2-c1cccc2ccccc12. The molecular formula is C28H18O2. The van der Waals surface area contributed by atoms with Gasteiger partial charge in [0.15, 0.2) is 6.10 Å². The maximum absolute atomic E-state index is 12.9. The van der Waals surface area contributed by atoms with Gasteiger partial charge in [-0.1, -0.05) is 97.1 Å². The first-order valence-electron chi connectivity index (χ1n) is 10.1. The van der Waals surface area contributed by atoms with Gasteiger partial charge in [-0.2, -0.15) is 0 Å². The van der Waals surface area contributed by atoms with Crippen molar-refractivity contribution in [1.82, 2.24) is 0 Å². The van der Waals surface area contributed by atoms with E-state index in [-0.39, 0.29) is 5.97 Å². The fourth-order valence-corrected chi connectivity index (χ4v) is 4.63. The fourth-order valence-electron chi connectivity index (χ4n) is 4.63. The first-order valence-corrected chi connectivity index (χ1v) is 10.1. The van der Waals surface area contributed by atoms with E-state index in [0.29, 0.717) is 5.56 Å². The molecule has 2 nitrogen and oxygen atoms in total. The number of hydrogen-bond donors (Lipinski definition) is 0. The average molecular weight is 386 g/mol. The number of benzene rings is 5. The summed E-state index contributed by atoms with van der Waals surface area (Å²) < 4.78 is 5.92. The zero-order valence-corrected chi connectivity index (χ0v) is 16.2. The molecule has 0 bridgehead atoms. The van der Waals surface area contributed by atoms with Gasteiger partial charge in [-0.05, 0) is 44.3 Å². The van der Waals surface area contributed by atoms with Crippen LogP contribution in [0.25, 0.3) is 32.7 Å². The van der Waals surface area contributed by atoms with E-state index in [4.69, 9.17) is 4.74 Å². The Morgan fingerprint density at radius 3 is 2.10 bits per heavy atom. The quantitative estimate of drug-likeness (QED) is 0.308. The lowest BCUT2D eigenvalue weighted by molar-refractivity contribution is 0.0456. The summed E-state index contributed by atoms with van der Waals surface area (Å²) in [7, 11) is 0. The maximum atomic E-state index is 12.9. The topological polar surface area (TPSA) is 26.3 Å². The van der Waals surface area contributed by atoms with Crippen molar-refractivity contribution >= 4 is 27.5 Å². The minimum Gasteiger partial charge on any atom is -0.449 e. The predicted molar refractivity (Wildman–Crippen MR) is 121 cm³/mol. The van der Waals surface area contributed by atoms with E-state index in [0.717, 1.165) is 33.0 Å². The Hall–Kier alpha value is -3.91. The number of esters is 1. The van der Waals surface area contributed by atoms with Crippen LogP contribution in [-0.4, -0.2) is 5.97 Å². The van der Waals surface area contributed by atoms with Gasteiger partial charge in [-0.25, -0.2) is 4.79 Å². The molecule has 1 aliphatic heterocycles. The Kier molecular flexibility index (Phi) is 3.72. The summed E-state index contributed by atoms with van der Waals surface area (Å²) in [4.78, 5) is 12.9. The molecule has 0 radical (unpaired) electrons. The van der Waals surface area contributed by atoms with Crippen LogP contribution in [0, 0.1) is 0 Å². The van der Waals surface area contributed by atoms with E-state index in [1.165, 1.54) is 10.8 Å². The maximum Gasteiger partial charge on any atom is 0.339 e. The van der Waals surface area contributed by atoms with Crippen molar-refractivity contribution in [1.29, 1.82) is 0 Å². The minimum atomic E-state index is -0.410. The van der Waals surface area contributed by atoms with Crippen LogP contribution in [0.3, 0.4) is 0 Å². The van der Waals surface area contributed by atoms with E-state index in [1.54, 1.807) is 0 Å². The highest BCUT2D eigenvalue weighted by molar-refractivity contribution is 6.11. The number of carbonyl (C=O) groups is 1. The van der Waals surface area contributed by atoms with E-state index in [2.05, 4.69) is 60.7 Å². The summed E-state index contributed by atoms with van der Waals surface area (Å²) >= 11 is 0. The third-order valence-electron chi connectivity index (χ3n) is 5.96. The van der Waals surface area contributed by atoms with E-state index in [1.807, 2.05) is 42.5 Å². The number of ether oxygens (including phenoxy) is 1. The molecule has 142 valence electrons. The summed E-state index contributed by atoms with van der Waals surface area (Å²) in [5.74, 6) is -0.258. The highest BCUT2D eigenvalue weighted by Crippen LogP contribution is 2.47. The smallest absolute Gasteiger partial charge is 0.339 e. The third kappa shape index (κ3) is 2.47. The van der Waals surface area contributed by atoms with Crippen molar-refractivity contribution in [3.63, 3.8) is 0 Å². The third-order valence-corrected chi connectivity index (χ3v) is 5.96. The summed E-state index contributed by atoms with van der Waals surface area (Å²) in [5.41, 5.74) is 4.81. The Balaban J connectivity index is 1.77. The number of rotatable bonds is 2. The fraction of sp³-hybridized carbons (Fsp3) is 0.0357. The Morgan fingerprint density at radius 2 is 1.27 bits per heavy atom. The summed E-state index contributed by atoms with van der Waals surface area (Å²) in [5, 5.41) is 4.53. The van der Waals surface area contributed by atoms with Crippen LogP contribution in [-0.2, 0) is 4.74 Å². The standard InChI is InChI=1S/C28H18O2/c29-28-24-17-20-12-5-7-15-22(20)25(23-16-8-13-18-9-4-6-14-21(18)23)26(24)27(30-28)19-10-2-1-3-11-19/h1-17,27H. The Morgan fingerprint density at radius 1 is 0.600 bits per heavy atom. The van der Waals surface area contributed by atoms with Crippen LogP contribution < -0.4 is 0 Å². The zero-order valence-electron chi connectivity index (χ0n) is 16.2. The van der Waals surface area contributed by atoms with Crippen molar-refractivity contribution in [2.24, 2.45) is 0 Å². The second kappa shape index (κ2) is 6.57. The average Bonchev–Trinajstić information content (AvgIpc) is 3.14. The lowest BCUT2D eigenvalue weighted by Crippen LogP contribution is -2.02. The Labute approximate surface area is 174 Å². The van der Waals surface area contributed by atoms with Gasteiger partial charge < -0.3 is 4.74 Å².